The molecule has 156 valence electrons. The summed E-state index contributed by atoms with van der Waals surface area (Å²) in [5.74, 6) is -0.589. The maximum atomic E-state index is 12.3. The summed E-state index contributed by atoms with van der Waals surface area (Å²) in [4.78, 5) is 34.0. The number of esters is 1. The van der Waals surface area contributed by atoms with Crippen LogP contribution >= 0.6 is 0 Å². The van der Waals surface area contributed by atoms with Gasteiger partial charge in [-0.2, -0.15) is 5.10 Å². The minimum Gasteiger partial charge on any atom is -0.454 e. The largest absolute Gasteiger partial charge is 0.454 e. The molecule has 1 amide bonds. The van der Waals surface area contributed by atoms with E-state index in [0.29, 0.717) is 17.3 Å². The number of aromatic nitrogens is 4. The van der Waals surface area contributed by atoms with Crippen molar-refractivity contribution in [2.45, 2.75) is 20.8 Å². The van der Waals surface area contributed by atoms with Crippen molar-refractivity contribution in [2.75, 3.05) is 30.4 Å². The molecular formula is C21H24N6O3. The second-order valence-electron chi connectivity index (χ2n) is 6.91. The van der Waals surface area contributed by atoms with Crippen molar-refractivity contribution >= 4 is 23.5 Å². The molecule has 3 rings (SSSR count). The SMILES string of the molecule is Cc1ccc(-n2nc(C)c(NC(=O)COC(=O)CN(C)c3ncccn3)c2C)cc1. The summed E-state index contributed by atoms with van der Waals surface area (Å²) in [5, 5.41) is 7.29. The first-order valence-corrected chi connectivity index (χ1v) is 9.42. The summed E-state index contributed by atoms with van der Waals surface area (Å²) in [5.41, 5.74) is 4.12. The zero-order valence-corrected chi connectivity index (χ0v) is 17.4. The molecule has 0 aliphatic carbocycles. The van der Waals surface area contributed by atoms with Crippen molar-refractivity contribution in [3.63, 3.8) is 0 Å². The third-order valence-corrected chi connectivity index (χ3v) is 4.46. The average molecular weight is 408 g/mol. The van der Waals surface area contributed by atoms with Crippen LogP contribution in [0.3, 0.4) is 0 Å². The molecule has 0 unspecified atom stereocenters. The zero-order valence-electron chi connectivity index (χ0n) is 17.4. The van der Waals surface area contributed by atoms with E-state index in [1.54, 1.807) is 35.1 Å². The van der Waals surface area contributed by atoms with Gasteiger partial charge in [0.1, 0.15) is 6.54 Å². The van der Waals surface area contributed by atoms with Gasteiger partial charge in [-0.15, -0.1) is 0 Å². The molecule has 0 saturated carbocycles. The number of nitrogens with zero attached hydrogens (tertiary/aromatic N) is 5. The molecule has 1 N–H and O–H groups in total. The van der Waals surface area contributed by atoms with Crippen molar-refractivity contribution in [3.05, 3.63) is 59.7 Å². The number of carbonyl (C=O) groups is 2. The number of benzene rings is 1. The third-order valence-electron chi connectivity index (χ3n) is 4.46. The predicted octanol–water partition coefficient (Wildman–Crippen LogP) is 2.21. The Kier molecular flexibility index (Phi) is 6.41. The summed E-state index contributed by atoms with van der Waals surface area (Å²) < 4.78 is 6.85. The molecule has 2 aromatic heterocycles. The van der Waals surface area contributed by atoms with Crippen molar-refractivity contribution in [1.82, 2.24) is 19.7 Å². The smallest absolute Gasteiger partial charge is 0.326 e. The standard InChI is InChI=1S/C21H24N6O3/c1-14-6-8-17(9-7-14)27-16(3)20(15(2)25-27)24-18(28)13-30-19(29)12-26(4)21-22-10-5-11-23-21/h5-11H,12-13H2,1-4H3,(H,24,28). The number of nitrogens with one attached hydrogen (secondary N) is 1. The van der Waals surface area contributed by atoms with E-state index in [-0.39, 0.29) is 6.54 Å². The Bertz CT molecular complexity index is 1030. The number of aryl methyl sites for hydroxylation is 2. The first-order chi connectivity index (χ1) is 14.3. The maximum absolute atomic E-state index is 12.3. The lowest BCUT2D eigenvalue weighted by molar-refractivity contribution is -0.145. The van der Waals surface area contributed by atoms with E-state index in [0.717, 1.165) is 16.9 Å². The topological polar surface area (TPSA) is 102 Å². The molecule has 1 aromatic carbocycles. The zero-order chi connectivity index (χ0) is 21.7. The first-order valence-electron chi connectivity index (χ1n) is 9.42. The number of hydrogen-bond donors (Lipinski definition) is 1. The fourth-order valence-corrected chi connectivity index (χ4v) is 2.88. The Morgan fingerprint density at radius 1 is 1.10 bits per heavy atom. The summed E-state index contributed by atoms with van der Waals surface area (Å²) in [6, 6.07) is 9.62. The van der Waals surface area contributed by atoms with Gasteiger partial charge in [0.05, 0.1) is 22.8 Å². The molecule has 0 bridgehead atoms. The van der Waals surface area contributed by atoms with E-state index in [2.05, 4.69) is 20.4 Å². The monoisotopic (exact) mass is 408 g/mol. The van der Waals surface area contributed by atoms with Crippen LogP contribution in [0.25, 0.3) is 5.69 Å². The van der Waals surface area contributed by atoms with E-state index in [1.807, 2.05) is 45.0 Å². The van der Waals surface area contributed by atoms with Gasteiger partial charge in [0.25, 0.3) is 5.91 Å². The summed E-state index contributed by atoms with van der Waals surface area (Å²) in [6.45, 7) is 5.24. The van der Waals surface area contributed by atoms with Gasteiger partial charge in [-0.1, -0.05) is 17.7 Å². The van der Waals surface area contributed by atoms with E-state index in [4.69, 9.17) is 4.74 Å². The number of likely N-dealkylation sites (N-methyl/N-ethyl adjacent to an activating group) is 1. The highest BCUT2D eigenvalue weighted by Crippen LogP contribution is 2.23. The Morgan fingerprint density at radius 3 is 2.43 bits per heavy atom. The Morgan fingerprint density at radius 2 is 1.77 bits per heavy atom. The molecule has 2 heterocycles. The lowest BCUT2D eigenvalue weighted by atomic mass is 10.2. The highest BCUT2D eigenvalue weighted by molar-refractivity contribution is 5.94. The second-order valence-corrected chi connectivity index (χ2v) is 6.91. The number of anilines is 2. The number of hydrogen-bond acceptors (Lipinski definition) is 7. The van der Waals surface area contributed by atoms with Crippen molar-refractivity contribution in [1.29, 1.82) is 0 Å². The second kappa shape index (κ2) is 9.17. The van der Waals surface area contributed by atoms with Crippen LogP contribution in [0.5, 0.6) is 0 Å². The van der Waals surface area contributed by atoms with E-state index in [9.17, 15) is 9.59 Å². The molecule has 0 aliphatic rings. The predicted molar refractivity (Wildman–Crippen MR) is 113 cm³/mol. The minimum atomic E-state index is -0.552. The quantitative estimate of drug-likeness (QED) is 0.598. The van der Waals surface area contributed by atoms with Crippen molar-refractivity contribution < 1.29 is 14.3 Å². The van der Waals surface area contributed by atoms with Gasteiger partial charge in [-0.3, -0.25) is 9.59 Å². The fourth-order valence-electron chi connectivity index (χ4n) is 2.88. The average Bonchev–Trinajstić information content (AvgIpc) is 3.01. The molecule has 0 spiro atoms. The molecule has 0 fully saturated rings. The van der Waals surface area contributed by atoms with Gasteiger partial charge in [-0.05, 0) is 39.0 Å². The number of carbonyl (C=O) groups excluding carboxylic acids is 2. The van der Waals surface area contributed by atoms with Crippen LogP contribution in [0.15, 0.2) is 42.7 Å². The van der Waals surface area contributed by atoms with Crippen LogP contribution in [-0.4, -0.2) is 51.8 Å². The van der Waals surface area contributed by atoms with Gasteiger partial charge in [-0.25, -0.2) is 14.6 Å². The summed E-state index contributed by atoms with van der Waals surface area (Å²) >= 11 is 0. The van der Waals surface area contributed by atoms with Crippen molar-refractivity contribution in [2.24, 2.45) is 0 Å². The van der Waals surface area contributed by atoms with Crippen LogP contribution in [0.4, 0.5) is 11.6 Å². The summed E-state index contributed by atoms with van der Waals surface area (Å²) in [6.07, 6.45) is 3.16. The van der Waals surface area contributed by atoms with Crippen molar-refractivity contribution in [3.8, 4) is 5.69 Å². The van der Waals surface area contributed by atoms with Gasteiger partial charge >= 0.3 is 5.97 Å². The normalized spacial score (nSPS) is 10.5. The van der Waals surface area contributed by atoms with Crippen LogP contribution in [-0.2, 0) is 14.3 Å². The Hall–Kier alpha value is -3.75. The Labute approximate surface area is 174 Å². The molecule has 9 nitrogen and oxygen atoms in total. The number of ether oxygens (including phenoxy) is 1. The fraction of sp³-hybridized carbons (Fsp3) is 0.286. The maximum Gasteiger partial charge on any atom is 0.326 e. The van der Waals surface area contributed by atoms with E-state index < -0.39 is 18.5 Å². The molecule has 30 heavy (non-hydrogen) atoms. The third kappa shape index (κ3) is 4.99. The minimum absolute atomic E-state index is 0.0687. The molecule has 3 aromatic rings. The van der Waals surface area contributed by atoms with E-state index in [1.165, 1.54) is 0 Å². The van der Waals surface area contributed by atoms with Crippen LogP contribution in [0.1, 0.15) is 17.0 Å². The first kappa shape index (κ1) is 21.0. The molecule has 0 atom stereocenters. The number of rotatable bonds is 7. The van der Waals surface area contributed by atoms with Crippen LogP contribution in [0, 0.1) is 20.8 Å². The molecule has 9 heteroatoms. The van der Waals surface area contributed by atoms with Gasteiger partial charge in [0.2, 0.25) is 5.95 Å². The lowest BCUT2D eigenvalue weighted by Crippen LogP contribution is -2.30. The number of amides is 1. The van der Waals surface area contributed by atoms with Gasteiger partial charge in [0, 0.05) is 19.4 Å². The molecule has 0 aliphatic heterocycles. The lowest BCUT2D eigenvalue weighted by Gasteiger charge is -2.15. The summed E-state index contributed by atoms with van der Waals surface area (Å²) in [7, 11) is 1.67. The molecule has 0 saturated heterocycles. The van der Waals surface area contributed by atoms with Gasteiger partial charge < -0.3 is 15.0 Å². The molecule has 0 radical (unpaired) electrons. The van der Waals surface area contributed by atoms with Crippen LogP contribution in [0.2, 0.25) is 0 Å². The highest BCUT2D eigenvalue weighted by atomic mass is 16.5. The molecular weight excluding hydrogens is 384 g/mol. The van der Waals surface area contributed by atoms with E-state index >= 15 is 0 Å². The Balaban J connectivity index is 1.57. The van der Waals surface area contributed by atoms with Crippen LogP contribution < -0.4 is 10.2 Å². The van der Waals surface area contributed by atoms with Gasteiger partial charge in [0.15, 0.2) is 6.61 Å². The highest BCUT2D eigenvalue weighted by Gasteiger charge is 2.17.